The standard InChI is InChI=1S/C18H23N5O2S2/c1-4-9-19-17-22-23-18(27-17)26-11-15(24)21-14-8-6-5-7-13(14)16(25)20-10-12(2)3/h4-8,12H,1,9-11H2,2-3H3,(H,19,22)(H,20,25)(H,21,24). The molecule has 0 atom stereocenters. The van der Waals surface area contributed by atoms with Gasteiger partial charge >= 0.3 is 0 Å². The van der Waals surface area contributed by atoms with Crippen molar-refractivity contribution < 1.29 is 9.59 Å². The van der Waals surface area contributed by atoms with Gasteiger partial charge in [0.05, 0.1) is 17.0 Å². The van der Waals surface area contributed by atoms with E-state index in [1.165, 1.54) is 23.1 Å². The lowest BCUT2D eigenvalue weighted by Gasteiger charge is -2.12. The van der Waals surface area contributed by atoms with Crippen LogP contribution in [0, 0.1) is 5.92 Å². The van der Waals surface area contributed by atoms with E-state index >= 15 is 0 Å². The highest BCUT2D eigenvalue weighted by Crippen LogP contribution is 2.25. The van der Waals surface area contributed by atoms with Gasteiger partial charge in [-0.3, -0.25) is 9.59 Å². The molecule has 7 nitrogen and oxygen atoms in total. The summed E-state index contributed by atoms with van der Waals surface area (Å²) in [5.74, 6) is 0.122. The molecule has 1 heterocycles. The van der Waals surface area contributed by atoms with E-state index in [-0.39, 0.29) is 17.6 Å². The Morgan fingerprint density at radius 3 is 2.81 bits per heavy atom. The van der Waals surface area contributed by atoms with E-state index < -0.39 is 0 Å². The Hall–Kier alpha value is -2.39. The molecule has 3 N–H and O–H groups in total. The van der Waals surface area contributed by atoms with Crippen LogP contribution < -0.4 is 16.0 Å². The maximum absolute atomic E-state index is 12.3. The van der Waals surface area contributed by atoms with Crippen LogP contribution in [0.15, 0.2) is 41.3 Å². The van der Waals surface area contributed by atoms with Crippen molar-refractivity contribution in [1.82, 2.24) is 15.5 Å². The number of para-hydroxylation sites is 1. The van der Waals surface area contributed by atoms with Crippen LogP contribution in [0.4, 0.5) is 10.8 Å². The number of thioether (sulfide) groups is 1. The van der Waals surface area contributed by atoms with Crippen molar-refractivity contribution in [3.63, 3.8) is 0 Å². The molecule has 1 aromatic carbocycles. The third-order valence-corrected chi connectivity index (χ3v) is 5.26. The fourth-order valence-electron chi connectivity index (χ4n) is 1.99. The molecule has 0 saturated carbocycles. The molecule has 0 bridgehead atoms. The molecule has 0 aliphatic rings. The number of hydrogen-bond donors (Lipinski definition) is 3. The lowest BCUT2D eigenvalue weighted by Crippen LogP contribution is -2.28. The number of nitrogens with zero attached hydrogens (tertiary/aromatic N) is 2. The number of nitrogens with one attached hydrogen (secondary N) is 3. The van der Waals surface area contributed by atoms with E-state index in [0.29, 0.717) is 39.7 Å². The van der Waals surface area contributed by atoms with Crippen molar-refractivity contribution in [2.45, 2.75) is 18.2 Å². The summed E-state index contributed by atoms with van der Waals surface area (Å²) in [6.45, 7) is 8.86. The molecular weight excluding hydrogens is 382 g/mol. The van der Waals surface area contributed by atoms with Gasteiger partial charge in [-0.15, -0.1) is 16.8 Å². The number of rotatable bonds is 10. The van der Waals surface area contributed by atoms with Gasteiger partial charge in [-0.2, -0.15) is 0 Å². The fourth-order valence-corrected chi connectivity index (χ4v) is 3.55. The molecule has 0 unspecified atom stereocenters. The van der Waals surface area contributed by atoms with Crippen molar-refractivity contribution in [3.8, 4) is 0 Å². The zero-order valence-electron chi connectivity index (χ0n) is 15.3. The van der Waals surface area contributed by atoms with E-state index in [9.17, 15) is 9.59 Å². The molecule has 0 radical (unpaired) electrons. The topological polar surface area (TPSA) is 96.0 Å². The Labute approximate surface area is 167 Å². The van der Waals surface area contributed by atoms with Gasteiger partial charge in [0.25, 0.3) is 5.91 Å². The number of anilines is 2. The zero-order chi connectivity index (χ0) is 19.6. The van der Waals surface area contributed by atoms with Crippen LogP contribution in [0.25, 0.3) is 0 Å². The second kappa shape index (κ2) is 10.7. The van der Waals surface area contributed by atoms with Gasteiger partial charge in [0.2, 0.25) is 11.0 Å². The van der Waals surface area contributed by atoms with Crippen LogP contribution in [0.2, 0.25) is 0 Å². The highest BCUT2D eigenvalue weighted by Gasteiger charge is 2.14. The van der Waals surface area contributed by atoms with Crippen molar-refractivity contribution in [2.24, 2.45) is 5.92 Å². The van der Waals surface area contributed by atoms with Crippen LogP contribution in [0.5, 0.6) is 0 Å². The molecule has 0 aliphatic carbocycles. The summed E-state index contributed by atoms with van der Waals surface area (Å²) in [6.07, 6.45) is 1.73. The Balaban J connectivity index is 1.91. The number of aromatic nitrogens is 2. The summed E-state index contributed by atoms with van der Waals surface area (Å²) in [6, 6.07) is 6.97. The molecule has 0 aliphatic heterocycles. The van der Waals surface area contributed by atoms with Gasteiger partial charge in [-0.1, -0.05) is 55.2 Å². The first-order valence-electron chi connectivity index (χ1n) is 8.47. The molecule has 0 saturated heterocycles. The van der Waals surface area contributed by atoms with Crippen molar-refractivity contribution in [3.05, 3.63) is 42.5 Å². The summed E-state index contributed by atoms with van der Waals surface area (Å²) in [5.41, 5.74) is 0.943. The maximum Gasteiger partial charge on any atom is 0.253 e. The van der Waals surface area contributed by atoms with Crippen LogP contribution >= 0.6 is 23.1 Å². The zero-order valence-corrected chi connectivity index (χ0v) is 17.0. The highest BCUT2D eigenvalue weighted by atomic mass is 32.2. The van der Waals surface area contributed by atoms with Crippen LogP contribution in [0.1, 0.15) is 24.2 Å². The lowest BCUT2D eigenvalue weighted by molar-refractivity contribution is -0.113. The minimum Gasteiger partial charge on any atom is -0.357 e. The van der Waals surface area contributed by atoms with Crippen LogP contribution in [-0.2, 0) is 4.79 Å². The minimum absolute atomic E-state index is 0.179. The predicted octanol–water partition coefficient (Wildman–Crippen LogP) is 3.25. The first-order valence-corrected chi connectivity index (χ1v) is 10.3. The third kappa shape index (κ3) is 7.03. The molecular formula is C18H23N5O2S2. The summed E-state index contributed by atoms with van der Waals surface area (Å²) < 4.78 is 0.694. The van der Waals surface area contributed by atoms with Gasteiger partial charge in [-0.05, 0) is 18.1 Å². The molecule has 1 aromatic heterocycles. The van der Waals surface area contributed by atoms with Crippen molar-refractivity contribution in [2.75, 3.05) is 29.5 Å². The van der Waals surface area contributed by atoms with E-state index in [4.69, 9.17) is 0 Å². The normalized spacial score (nSPS) is 10.5. The number of amides is 2. The van der Waals surface area contributed by atoms with Crippen LogP contribution in [0.3, 0.4) is 0 Å². The van der Waals surface area contributed by atoms with Gasteiger partial charge in [-0.25, -0.2) is 0 Å². The summed E-state index contributed by atoms with van der Waals surface area (Å²) in [5, 5.41) is 17.4. The largest absolute Gasteiger partial charge is 0.357 e. The molecule has 144 valence electrons. The Bertz CT molecular complexity index is 792. The predicted molar refractivity (Wildman–Crippen MR) is 112 cm³/mol. The molecule has 0 spiro atoms. The third-order valence-electron chi connectivity index (χ3n) is 3.25. The molecule has 27 heavy (non-hydrogen) atoms. The fraction of sp³-hybridized carbons (Fsp3) is 0.333. The van der Waals surface area contributed by atoms with E-state index in [1.54, 1.807) is 30.3 Å². The monoisotopic (exact) mass is 405 g/mol. The molecule has 2 amide bonds. The second-order valence-corrected chi connectivity index (χ2v) is 8.23. The average molecular weight is 406 g/mol. The smallest absolute Gasteiger partial charge is 0.253 e. The van der Waals surface area contributed by atoms with E-state index in [0.717, 1.165) is 0 Å². The van der Waals surface area contributed by atoms with Crippen molar-refractivity contribution in [1.29, 1.82) is 0 Å². The first kappa shape index (κ1) is 20.9. The minimum atomic E-state index is -0.208. The molecule has 9 heteroatoms. The highest BCUT2D eigenvalue weighted by molar-refractivity contribution is 8.01. The Morgan fingerprint density at radius 1 is 1.30 bits per heavy atom. The summed E-state index contributed by atoms with van der Waals surface area (Å²) in [4.78, 5) is 24.6. The summed E-state index contributed by atoms with van der Waals surface area (Å²) >= 11 is 2.67. The second-order valence-electron chi connectivity index (χ2n) is 6.03. The Morgan fingerprint density at radius 2 is 2.07 bits per heavy atom. The number of carbonyl (C=O) groups is 2. The number of carbonyl (C=O) groups excluding carboxylic acids is 2. The van der Waals surface area contributed by atoms with Gasteiger partial charge in [0.15, 0.2) is 4.34 Å². The summed E-state index contributed by atoms with van der Waals surface area (Å²) in [7, 11) is 0. The number of hydrogen-bond acceptors (Lipinski definition) is 7. The van der Waals surface area contributed by atoms with Crippen LogP contribution in [-0.4, -0.2) is 40.9 Å². The quantitative estimate of drug-likeness (QED) is 0.415. The SMILES string of the molecule is C=CCNc1nnc(SCC(=O)Nc2ccccc2C(=O)NCC(C)C)s1. The van der Waals surface area contributed by atoms with Gasteiger partial charge in [0.1, 0.15) is 0 Å². The number of benzene rings is 1. The average Bonchev–Trinajstić information content (AvgIpc) is 3.11. The van der Waals surface area contributed by atoms with E-state index in [1.807, 2.05) is 13.8 Å². The first-order chi connectivity index (χ1) is 13.0. The van der Waals surface area contributed by atoms with Gasteiger partial charge in [0, 0.05) is 13.1 Å². The maximum atomic E-state index is 12.3. The molecule has 2 rings (SSSR count). The van der Waals surface area contributed by atoms with E-state index in [2.05, 4.69) is 32.7 Å². The molecule has 2 aromatic rings. The Kier molecular flexibility index (Phi) is 8.28. The van der Waals surface area contributed by atoms with Crippen molar-refractivity contribution >= 4 is 45.7 Å². The molecule has 0 fully saturated rings. The van der Waals surface area contributed by atoms with Gasteiger partial charge < -0.3 is 16.0 Å². The lowest BCUT2D eigenvalue weighted by atomic mass is 10.1.